The first-order valence-electron chi connectivity index (χ1n) is 12.6. The van der Waals surface area contributed by atoms with Crippen molar-refractivity contribution in [2.24, 2.45) is 5.92 Å². The van der Waals surface area contributed by atoms with Crippen molar-refractivity contribution in [3.8, 4) is 10.7 Å². The van der Waals surface area contributed by atoms with Crippen LogP contribution in [0.4, 0.5) is 0 Å². The summed E-state index contributed by atoms with van der Waals surface area (Å²) in [4.78, 5) is 21.3. The number of aromatic nitrogens is 2. The Balaban J connectivity index is 1.31. The third kappa shape index (κ3) is 4.56. The van der Waals surface area contributed by atoms with Crippen molar-refractivity contribution >= 4 is 27.3 Å². The largest absolute Gasteiger partial charge is 0.342 e. The minimum atomic E-state index is -3.71. The Morgan fingerprint density at radius 3 is 2.59 bits per heavy atom. The Labute approximate surface area is 205 Å². The van der Waals surface area contributed by atoms with Gasteiger partial charge in [-0.05, 0) is 51.5 Å². The highest BCUT2D eigenvalue weighted by atomic mass is 32.2. The second kappa shape index (κ2) is 9.70. The fraction of sp³-hybridized carbons (Fsp3) is 0.708. The summed E-state index contributed by atoms with van der Waals surface area (Å²) in [6, 6.07) is 1.96. The molecule has 2 saturated carbocycles. The molecule has 10 heteroatoms. The molecule has 2 aromatic rings. The van der Waals surface area contributed by atoms with E-state index in [4.69, 9.17) is 4.52 Å². The Hall–Kier alpha value is -1.78. The third-order valence-electron chi connectivity index (χ3n) is 7.81. The Bertz CT molecular complexity index is 1130. The molecular weight excluding hydrogens is 472 g/mol. The molecule has 186 valence electrons. The van der Waals surface area contributed by atoms with Crippen LogP contribution < -0.4 is 0 Å². The summed E-state index contributed by atoms with van der Waals surface area (Å²) in [6.45, 7) is 2.51. The van der Waals surface area contributed by atoms with Crippen molar-refractivity contribution in [1.29, 1.82) is 0 Å². The number of piperidine rings is 1. The molecular formula is C24H34N4O4S2. The number of thiophene rings is 1. The van der Waals surface area contributed by atoms with E-state index in [0.717, 1.165) is 44.9 Å². The van der Waals surface area contributed by atoms with Crippen molar-refractivity contribution in [3.05, 3.63) is 16.8 Å². The Kier molecular flexibility index (Phi) is 6.83. The maximum absolute atomic E-state index is 13.6. The second-order valence-corrected chi connectivity index (χ2v) is 13.2. The van der Waals surface area contributed by atoms with Crippen LogP contribution in [-0.4, -0.2) is 59.8 Å². The molecule has 1 amide bonds. The van der Waals surface area contributed by atoms with Crippen molar-refractivity contribution in [2.75, 3.05) is 20.1 Å². The molecule has 34 heavy (non-hydrogen) atoms. The molecule has 5 rings (SSSR count). The average molecular weight is 507 g/mol. The summed E-state index contributed by atoms with van der Waals surface area (Å²) in [7, 11) is -1.82. The molecule has 0 bridgehead atoms. The summed E-state index contributed by atoms with van der Waals surface area (Å²) in [5.41, 5.74) is 0. The molecule has 2 aromatic heterocycles. The molecule has 0 radical (unpaired) electrons. The number of rotatable bonds is 6. The fourth-order valence-electron chi connectivity index (χ4n) is 5.43. The average Bonchev–Trinajstić information content (AvgIpc) is 3.45. The number of hydrogen-bond donors (Lipinski definition) is 0. The molecule has 0 aromatic carbocycles. The van der Waals surface area contributed by atoms with Gasteiger partial charge in [-0.15, -0.1) is 11.3 Å². The van der Waals surface area contributed by atoms with Crippen LogP contribution in [0.3, 0.4) is 0 Å². The van der Waals surface area contributed by atoms with Gasteiger partial charge >= 0.3 is 0 Å². The van der Waals surface area contributed by atoms with Crippen LogP contribution in [0.15, 0.2) is 15.5 Å². The smallest absolute Gasteiger partial charge is 0.244 e. The predicted octanol–water partition coefficient (Wildman–Crippen LogP) is 4.57. The van der Waals surface area contributed by atoms with E-state index in [-0.39, 0.29) is 29.3 Å². The first-order chi connectivity index (χ1) is 16.3. The highest BCUT2D eigenvalue weighted by molar-refractivity contribution is 7.89. The molecule has 1 atom stereocenters. The summed E-state index contributed by atoms with van der Waals surface area (Å²) in [6.07, 6.45) is 10.4. The van der Waals surface area contributed by atoms with Gasteiger partial charge in [-0.2, -0.15) is 9.29 Å². The molecule has 8 nitrogen and oxygen atoms in total. The zero-order valence-corrected chi connectivity index (χ0v) is 21.7. The van der Waals surface area contributed by atoms with E-state index in [1.54, 1.807) is 6.07 Å². The van der Waals surface area contributed by atoms with Crippen LogP contribution >= 0.6 is 11.3 Å². The van der Waals surface area contributed by atoms with Crippen molar-refractivity contribution in [2.45, 2.75) is 88.0 Å². The number of hydrogen-bond acceptors (Lipinski definition) is 7. The van der Waals surface area contributed by atoms with E-state index < -0.39 is 10.0 Å². The summed E-state index contributed by atoms with van der Waals surface area (Å²) >= 11 is 1.37. The first-order valence-corrected chi connectivity index (χ1v) is 14.8. The third-order valence-corrected chi connectivity index (χ3v) is 11.0. The summed E-state index contributed by atoms with van der Waals surface area (Å²) in [5.74, 6) is 1.24. The van der Waals surface area contributed by atoms with E-state index in [0.29, 0.717) is 40.4 Å². The van der Waals surface area contributed by atoms with Crippen LogP contribution in [-0.2, 0) is 14.8 Å². The number of carbonyl (C=O) groups excluding carboxylic acids is 1. The Morgan fingerprint density at radius 1 is 1.12 bits per heavy atom. The molecule has 0 spiro atoms. The van der Waals surface area contributed by atoms with Gasteiger partial charge in [-0.3, -0.25) is 4.79 Å². The van der Waals surface area contributed by atoms with Crippen molar-refractivity contribution in [1.82, 2.24) is 19.3 Å². The van der Waals surface area contributed by atoms with Crippen LogP contribution in [0, 0.1) is 12.8 Å². The monoisotopic (exact) mass is 506 g/mol. The van der Waals surface area contributed by atoms with E-state index in [1.165, 1.54) is 28.5 Å². The highest BCUT2D eigenvalue weighted by Gasteiger charge is 2.37. The number of carbonyl (C=O) groups is 1. The number of aryl methyl sites for hydroxylation is 1. The topological polar surface area (TPSA) is 96.6 Å². The predicted molar refractivity (Wildman–Crippen MR) is 130 cm³/mol. The molecule has 1 saturated heterocycles. The van der Waals surface area contributed by atoms with Gasteiger partial charge in [0.25, 0.3) is 0 Å². The van der Waals surface area contributed by atoms with Gasteiger partial charge in [0, 0.05) is 37.0 Å². The summed E-state index contributed by atoms with van der Waals surface area (Å²) in [5, 5.41) is 4.10. The molecule has 3 fully saturated rings. The van der Waals surface area contributed by atoms with Gasteiger partial charge in [-0.1, -0.05) is 30.8 Å². The van der Waals surface area contributed by atoms with Crippen LogP contribution in [0.2, 0.25) is 0 Å². The number of nitrogens with zero attached hydrogens (tertiary/aromatic N) is 4. The molecule has 0 N–H and O–H groups in total. The minimum absolute atomic E-state index is 0.0878. The van der Waals surface area contributed by atoms with E-state index >= 15 is 0 Å². The molecule has 1 aliphatic heterocycles. The molecule has 3 heterocycles. The van der Waals surface area contributed by atoms with Gasteiger partial charge in [0.15, 0.2) is 0 Å². The fourth-order valence-corrected chi connectivity index (χ4v) is 8.44. The lowest BCUT2D eigenvalue weighted by Gasteiger charge is -2.37. The van der Waals surface area contributed by atoms with E-state index in [1.807, 2.05) is 18.9 Å². The number of sulfonamides is 1. The maximum atomic E-state index is 13.6. The standard InChI is InChI=1S/C24H34N4O4S2/c1-16-21(14-20(33-16)22-25-23(32-26-22)17-8-6-9-17)34(30,31)28-13-7-10-18(15-28)24(29)27(2)19-11-4-3-5-12-19/h14,17-19H,3-13,15H2,1-2H3/t18-/m0/s1. The van der Waals surface area contributed by atoms with Crippen LogP contribution in [0.25, 0.3) is 10.7 Å². The minimum Gasteiger partial charge on any atom is -0.342 e. The van der Waals surface area contributed by atoms with Crippen molar-refractivity contribution in [3.63, 3.8) is 0 Å². The second-order valence-electron chi connectivity index (χ2n) is 10.1. The SMILES string of the molecule is Cc1sc(-c2noc(C3CCC3)n2)cc1S(=O)(=O)N1CCC[C@H](C(=O)N(C)C2CCCCC2)C1. The molecule has 3 aliphatic rings. The maximum Gasteiger partial charge on any atom is 0.244 e. The normalized spacial score (nSPS) is 23.1. The van der Waals surface area contributed by atoms with Gasteiger partial charge in [0.1, 0.15) is 0 Å². The van der Waals surface area contributed by atoms with E-state index in [9.17, 15) is 13.2 Å². The zero-order valence-electron chi connectivity index (χ0n) is 20.0. The lowest BCUT2D eigenvalue weighted by atomic mass is 9.85. The van der Waals surface area contributed by atoms with Crippen molar-refractivity contribution < 1.29 is 17.7 Å². The Morgan fingerprint density at radius 2 is 1.88 bits per heavy atom. The highest BCUT2D eigenvalue weighted by Crippen LogP contribution is 2.38. The van der Waals surface area contributed by atoms with Gasteiger partial charge in [0.2, 0.25) is 27.6 Å². The van der Waals surface area contributed by atoms with Crippen LogP contribution in [0.5, 0.6) is 0 Å². The van der Waals surface area contributed by atoms with Gasteiger partial charge in [-0.25, -0.2) is 8.42 Å². The summed E-state index contributed by atoms with van der Waals surface area (Å²) < 4.78 is 34.1. The zero-order chi connectivity index (χ0) is 23.9. The van der Waals surface area contributed by atoms with E-state index in [2.05, 4.69) is 10.1 Å². The quantitative estimate of drug-likeness (QED) is 0.570. The lowest BCUT2D eigenvalue weighted by molar-refractivity contribution is -0.138. The molecule has 0 unspecified atom stereocenters. The lowest BCUT2D eigenvalue weighted by Crippen LogP contribution is -2.48. The van der Waals surface area contributed by atoms with Crippen LogP contribution in [0.1, 0.15) is 80.9 Å². The number of amides is 1. The van der Waals surface area contributed by atoms with Gasteiger partial charge < -0.3 is 9.42 Å². The van der Waals surface area contributed by atoms with Gasteiger partial charge in [0.05, 0.1) is 15.7 Å². The first kappa shape index (κ1) is 23.9. The molecule has 2 aliphatic carbocycles.